The molecule has 0 saturated carbocycles. The van der Waals surface area contributed by atoms with E-state index in [9.17, 15) is 0 Å². The molecule has 76 valence electrons. The molecule has 1 saturated heterocycles. The molecule has 2 rings (SSSR count). The van der Waals surface area contributed by atoms with Crippen LogP contribution in [-0.2, 0) is 6.42 Å². The highest BCUT2D eigenvalue weighted by molar-refractivity contribution is 5.05. The van der Waals surface area contributed by atoms with Crippen molar-refractivity contribution in [3.63, 3.8) is 0 Å². The quantitative estimate of drug-likeness (QED) is 0.723. The van der Waals surface area contributed by atoms with Gasteiger partial charge >= 0.3 is 0 Å². The lowest BCUT2D eigenvalue weighted by Gasteiger charge is -2.13. The van der Waals surface area contributed by atoms with Gasteiger partial charge in [0, 0.05) is 18.9 Å². The first kappa shape index (κ1) is 9.59. The third kappa shape index (κ3) is 2.51. The number of aromatic nitrogens is 2. The molecule has 0 unspecified atom stereocenters. The minimum absolute atomic E-state index is 0.856. The number of hydrogen-bond donors (Lipinski definition) is 0. The Morgan fingerprint density at radius 1 is 1.21 bits per heavy atom. The predicted molar refractivity (Wildman–Crippen MR) is 56.1 cm³/mol. The maximum absolute atomic E-state index is 4.19. The van der Waals surface area contributed by atoms with Crippen molar-refractivity contribution in [1.29, 1.82) is 0 Å². The number of rotatable bonds is 3. The van der Waals surface area contributed by atoms with Gasteiger partial charge in [0.25, 0.3) is 0 Å². The molecule has 1 fully saturated rings. The summed E-state index contributed by atoms with van der Waals surface area (Å²) in [5.41, 5.74) is 1.25. The number of aryl methyl sites for hydroxylation is 1. The molecule has 1 aliphatic heterocycles. The fourth-order valence-corrected chi connectivity index (χ4v) is 1.84. The van der Waals surface area contributed by atoms with Crippen LogP contribution in [0.5, 0.6) is 0 Å². The summed E-state index contributed by atoms with van der Waals surface area (Å²) < 4.78 is 0. The van der Waals surface area contributed by atoms with E-state index in [2.05, 4.69) is 14.9 Å². The maximum Gasteiger partial charge on any atom is 0.125 e. The molecule has 0 radical (unpaired) electrons. The Hall–Kier alpha value is -0.960. The van der Waals surface area contributed by atoms with E-state index in [1.165, 1.54) is 31.5 Å². The van der Waals surface area contributed by atoms with Gasteiger partial charge in [-0.1, -0.05) is 0 Å². The van der Waals surface area contributed by atoms with Gasteiger partial charge in [-0.05, 0) is 44.8 Å². The molecule has 3 heteroatoms. The van der Waals surface area contributed by atoms with Crippen LogP contribution < -0.4 is 0 Å². The summed E-state index contributed by atoms with van der Waals surface area (Å²) in [6, 6.07) is 0. The highest BCUT2D eigenvalue weighted by Crippen LogP contribution is 2.08. The average Bonchev–Trinajstić information content (AvgIpc) is 2.70. The van der Waals surface area contributed by atoms with E-state index >= 15 is 0 Å². The Labute approximate surface area is 85.2 Å². The molecule has 0 N–H and O–H groups in total. The van der Waals surface area contributed by atoms with Gasteiger partial charge in [-0.15, -0.1) is 0 Å². The summed E-state index contributed by atoms with van der Waals surface area (Å²) in [7, 11) is 0. The van der Waals surface area contributed by atoms with Crippen molar-refractivity contribution >= 4 is 0 Å². The monoisotopic (exact) mass is 191 g/mol. The van der Waals surface area contributed by atoms with Crippen LogP contribution in [0.2, 0.25) is 0 Å². The van der Waals surface area contributed by atoms with Crippen molar-refractivity contribution < 1.29 is 0 Å². The zero-order chi connectivity index (χ0) is 9.80. The first-order valence-electron chi connectivity index (χ1n) is 5.34. The van der Waals surface area contributed by atoms with Crippen LogP contribution in [0.1, 0.15) is 24.2 Å². The van der Waals surface area contributed by atoms with E-state index < -0.39 is 0 Å². The lowest BCUT2D eigenvalue weighted by molar-refractivity contribution is 0.343. The Balaban J connectivity index is 1.82. The van der Waals surface area contributed by atoms with Crippen molar-refractivity contribution in [2.75, 3.05) is 19.6 Å². The van der Waals surface area contributed by atoms with Crippen LogP contribution in [0.4, 0.5) is 0 Å². The van der Waals surface area contributed by atoms with Crippen LogP contribution in [0.3, 0.4) is 0 Å². The molecule has 3 nitrogen and oxygen atoms in total. The Morgan fingerprint density at radius 3 is 2.50 bits per heavy atom. The van der Waals surface area contributed by atoms with Crippen molar-refractivity contribution in [3.05, 3.63) is 23.8 Å². The normalized spacial score (nSPS) is 17.5. The molecule has 0 atom stereocenters. The van der Waals surface area contributed by atoms with E-state index in [1.807, 2.05) is 19.3 Å². The fourth-order valence-electron chi connectivity index (χ4n) is 1.84. The van der Waals surface area contributed by atoms with Gasteiger partial charge in [-0.2, -0.15) is 0 Å². The van der Waals surface area contributed by atoms with Gasteiger partial charge in [-0.25, -0.2) is 9.97 Å². The zero-order valence-corrected chi connectivity index (χ0v) is 8.74. The first-order chi connectivity index (χ1) is 6.84. The lowest BCUT2D eigenvalue weighted by Crippen LogP contribution is -2.22. The standard InChI is InChI=1S/C11H17N3/c1-10-12-8-11(9-13-10)4-7-14-5-2-3-6-14/h8-9H,2-7H2,1H3. The van der Waals surface area contributed by atoms with E-state index in [4.69, 9.17) is 0 Å². The average molecular weight is 191 g/mol. The molecular weight excluding hydrogens is 174 g/mol. The Kier molecular flexibility index (Phi) is 3.09. The molecule has 0 aromatic carbocycles. The van der Waals surface area contributed by atoms with E-state index in [0.717, 1.165) is 18.8 Å². The van der Waals surface area contributed by atoms with Crippen molar-refractivity contribution in [2.45, 2.75) is 26.2 Å². The van der Waals surface area contributed by atoms with Gasteiger partial charge in [0.15, 0.2) is 0 Å². The summed E-state index contributed by atoms with van der Waals surface area (Å²) >= 11 is 0. The van der Waals surface area contributed by atoms with Gasteiger partial charge in [-0.3, -0.25) is 0 Å². The third-order valence-corrected chi connectivity index (χ3v) is 2.75. The number of hydrogen-bond acceptors (Lipinski definition) is 3. The van der Waals surface area contributed by atoms with Gasteiger partial charge < -0.3 is 4.90 Å². The Bertz CT molecular complexity index is 275. The lowest BCUT2D eigenvalue weighted by atomic mass is 10.2. The SMILES string of the molecule is Cc1ncc(CCN2CCCC2)cn1. The molecule has 1 aliphatic rings. The summed E-state index contributed by atoms with van der Waals surface area (Å²) in [5.74, 6) is 0.856. The second-order valence-corrected chi connectivity index (χ2v) is 3.94. The maximum atomic E-state index is 4.19. The summed E-state index contributed by atoms with van der Waals surface area (Å²) in [6.45, 7) is 5.62. The minimum atomic E-state index is 0.856. The van der Waals surface area contributed by atoms with Crippen molar-refractivity contribution in [1.82, 2.24) is 14.9 Å². The molecule has 0 amide bonds. The number of nitrogens with zero attached hydrogens (tertiary/aromatic N) is 3. The van der Waals surface area contributed by atoms with E-state index in [1.54, 1.807) is 0 Å². The van der Waals surface area contributed by atoms with E-state index in [-0.39, 0.29) is 0 Å². The topological polar surface area (TPSA) is 29.0 Å². The van der Waals surface area contributed by atoms with Crippen LogP contribution >= 0.6 is 0 Å². The molecule has 0 spiro atoms. The molecule has 0 aliphatic carbocycles. The largest absolute Gasteiger partial charge is 0.303 e. The zero-order valence-electron chi connectivity index (χ0n) is 8.74. The highest BCUT2D eigenvalue weighted by atomic mass is 15.1. The summed E-state index contributed by atoms with van der Waals surface area (Å²) in [4.78, 5) is 10.9. The van der Waals surface area contributed by atoms with Crippen LogP contribution in [0, 0.1) is 6.92 Å². The van der Waals surface area contributed by atoms with Crippen molar-refractivity contribution in [3.8, 4) is 0 Å². The molecule has 1 aromatic heterocycles. The first-order valence-corrected chi connectivity index (χ1v) is 5.34. The number of likely N-dealkylation sites (tertiary alicyclic amines) is 1. The van der Waals surface area contributed by atoms with Crippen LogP contribution in [0.15, 0.2) is 12.4 Å². The Morgan fingerprint density at radius 2 is 1.86 bits per heavy atom. The van der Waals surface area contributed by atoms with Gasteiger partial charge in [0.05, 0.1) is 0 Å². The molecule has 2 heterocycles. The van der Waals surface area contributed by atoms with Gasteiger partial charge in [0.2, 0.25) is 0 Å². The smallest absolute Gasteiger partial charge is 0.125 e. The summed E-state index contributed by atoms with van der Waals surface area (Å²) in [6.07, 6.45) is 7.70. The second kappa shape index (κ2) is 4.51. The third-order valence-electron chi connectivity index (χ3n) is 2.75. The van der Waals surface area contributed by atoms with Crippen molar-refractivity contribution in [2.24, 2.45) is 0 Å². The minimum Gasteiger partial charge on any atom is -0.303 e. The van der Waals surface area contributed by atoms with Crippen LogP contribution in [0.25, 0.3) is 0 Å². The van der Waals surface area contributed by atoms with Gasteiger partial charge in [0.1, 0.15) is 5.82 Å². The molecule has 1 aromatic rings. The molecule has 14 heavy (non-hydrogen) atoms. The van der Waals surface area contributed by atoms with E-state index in [0.29, 0.717) is 0 Å². The molecule has 0 bridgehead atoms. The molecular formula is C11H17N3. The fraction of sp³-hybridized carbons (Fsp3) is 0.636. The predicted octanol–water partition coefficient (Wildman–Crippen LogP) is 1.42. The summed E-state index contributed by atoms with van der Waals surface area (Å²) in [5, 5.41) is 0. The second-order valence-electron chi connectivity index (χ2n) is 3.94. The van der Waals surface area contributed by atoms with Crippen LogP contribution in [-0.4, -0.2) is 34.5 Å². The highest BCUT2D eigenvalue weighted by Gasteiger charge is 2.10.